The highest BCUT2D eigenvalue weighted by Gasteiger charge is 2.17. The van der Waals surface area contributed by atoms with Crippen molar-refractivity contribution in [3.8, 4) is 0 Å². The lowest BCUT2D eigenvalue weighted by atomic mass is 9.93. The van der Waals surface area contributed by atoms with E-state index in [9.17, 15) is 14.0 Å². The molecule has 2 amide bonds. The number of halogens is 1. The van der Waals surface area contributed by atoms with Crippen LogP contribution in [0.25, 0.3) is 0 Å². The molecular formula is C19H27FN2O2. The Morgan fingerprint density at radius 1 is 1.12 bits per heavy atom. The number of amides is 2. The van der Waals surface area contributed by atoms with Crippen molar-refractivity contribution >= 4 is 11.8 Å². The molecule has 0 radical (unpaired) electrons. The van der Waals surface area contributed by atoms with Crippen LogP contribution in [0, 0.1) is 5.82 Å². The second-order valence-corrected chi connectivity index (χ2v) is 6.54. The first-order valence-electron chi connectivity index (χ1n) is 8.90. The molecule has 0 spiro atoms. The van der Waals surface area contributed by atoms with Crippen LogP contribution in [-0.4, -0.2) is 24.4 Å². The molecule has 0 aromatic heterocycles. The maximum Gasteiger partial charge on any atom is 0.239 e. The van der Waals surface area contributed by atoms with E-state index < -0.39 is 0 Å². The van der Waals surface area contributed by atoms with Gasteiger partial charge in [-0.15, -0.1) is 0 Å². The number of rotatable bonds is 7. The molecule has 24 heavy (non-hydrogen) atoms. The van der Waals surface area contributed by atoms with Crippen LogP contribution in [0.1, 0.15) is 63.4 Å². The summed E-state index contributed by atoms with van der Waals surface area (Å²) in [7, 11) is 0. The third kappa shape index (κ3) is 5.95. The van der Waals surface area contributed by atoms with Gasteiger partial charge in [-0.25, -0.2) is 4.39 Å². The zero-order valence-electron chi connectivity index (χ0n) is 14.3. The summed E-state index contributed by atoms with van der Waals surface area (Å²) in [5.74, 6) is -0.514. The number of benzene rings is 1. The Morgan fingerprint density at radius 3 is 2.42 bits per heavy atom. The van der Waals surface area contributed by atoms with E-state index in [1.54, 1.807) is 12.1 Å². The average Bonchev–Trinajstić information content (AvgIpc) is 2.59. The van der Waals surface area contributed by atoms with Crippen LogP contribution in [0.15, 0.2) is 24.3 Å². The van der Waals surface area contributed by atoms with E-state index in [4.69, 9.17) is 0 Å². The quantitative estimate of drug-likeness (QED) is 0.804. The largest absolute Gasteiger partial charge is 0.352 e. The Hall–Kier alpha value is -1.91. The Kier molecular flexibility index (Phi) is 7.22. The smallest absolute Gasteiger partial charge is 0.239 e. The first kappa shape index (κ1) is 18.4. The average molecular weight is 334 g/mol. The number of carbonyl (C=O) groups excluding carboxylic acids is 2. The summed E-state index contributed by atoms with van der Waals surface area (Å²) in [4.78, 5) is 24.0. The summed E-state index contributed by atoms with van der Waals surface area (Å²) in [6.07, 6.45) is 6.71. The van der Waals surface area contributed by atoms with Crippen LogP contribution in [0.3, 0.4) is 0 Å². The van der Waals surface area contributed by atoms with Gasteiger partial charge in [0.25, 0.3) is 0 Å². The molecule has 1 saturated carbocycles. The van der Waals surface area contributed by atoms with Gasteiger partial charge in [0.2, 0.25) is 11.8 Å². The molecule has 0 heterocycles. The molecule has 0 aliphatic heterocycles. The number of hydrogen-bond donors (Lipinski definition) is 2. The number of hydrogen-bond acceptors (Lipinski definition) is 2. The molecule has 1 aromatic rings. The molecule has 2 N–H and O–H groups in total. The SMILES string of the molecule is CCC(CC(=O)NCC(=O)NC1CCCCC1)c1ccc(F)cc1. The van der Waals surface area contributed by atoms with Gasteiger partial charge in [-0.3, -0.25) is 9.59 Å². The summed E-state index contributed by atoms with van der Waals surface area (Å²) in [5.41, 5.74) is 0.945. The Morgan fingerprint density at radius 2 is 1.79 bits per heavy atom. The zero-order valence-corrected chi connectivity index (χ0v) is 14.3. The van der Waals surface area contributed by atoms with Crippen LogP contribution in [0.2, 0.25) is 0 Å². The van der Waals surface area contributed by atoms with Crippen LogP contribution < -0.4 is 10.6 Å². The molecule has 1 aromatic carbocycles. The predicted octanol–water partition coefficient (Wildman–Crippen LogP) is 3.27. The van der Waals surface area contributed by atoms with Crippen LogP contribution in [0.5, 0.6) is 0 Å². The van der Waals surface area contributed by atoms with Crippen molar-refractivity contribution in [2.75, 3.05) is 6.54 Å². The molecular weight excluding hydrogens is 307 g/mol. The van der Waals surface area contributed by atoms with Gasteiger partial charge in [0.05, 0.1) is 6.54 Å². The van der Waals surface area contributed by atoms with E-state index in [0.29, 0.717) is 6.42 Å². The van der Waals surface area contributed by atoms with E-state index in [1.807, 2.05) is 6.92 Å². The van der Waals surface area contributed by atoms with E-state index in [1.165, 1.54) is 18.6 Å². The molecule has 1 fully saturated rings. The van der Waals surface area contributed by atoms with Gasteiger partial charge in [-0.2, -0.15) is 0 Å². The van der Waals surface area contributed by atoms with Crippen LogP contribution >= 0.6 is 0 Å². The molecule has 132 valence electrons. The van der Waals surface area contributed by atoms with Crippen LogP contribution in [0.4, 0.5) is 4.39 Å². The second kappa shape index (κ2) is 9.40. The van der Waals surface area contributed by atoms with Crippen LogP contribution in [-0.2, 0) is 9.59 Å². The van der Waals surface area contributed by atoms with Crippen molar-refractivity contribution in [1.29, 1.82) is 0 Å². The molecule has 4 nitrogen and oxygen atoms in total. The lowest BCUT2D eigenvalue weighted by Gasteiger charge is -2.23. The molecule has 1 unspecified atom stereocenters. The fourth-order valence-corrected chi connectivity index (χ4v) is 3.23. The molecule has 2 rings (SSSR count). The Balaban J connectivity index is 1.74. The van der Waals surface area contributed by atoms with E-state index in [0.717, 1.165) is 37.7 Å². The molecule has 0 bridgehead atoms. The lowest BCUT2D eigenvalue weighted by molar-refractivity contribution is -0.126. The van der Waals surface area contributed by atoms with Crippen molar-refractivity contribution in [3.05, 3.63) is 35.6 Å². The van der Waals surface area contributed by atoms with Crippen molar-refractivity contribution in [2.45, 2.75) is 63.8 Å². The standard InChI is InChI=1S/C19H27FN2O2/c1-2-14(15-8-10-16(20)11-9-15)12-18(23)21-13-19(24)22-17-6-4-3-5-7-17/h8-11,14,17H,2-7,12-13H2,1H3,(H,21,23)(H,22,24). The first-order valence-corrected chi connectivity index (χ1v) is 8.90. The maximum atomic E-state index is 13.0. The molecule has 1 aliphatic carbocycles. The van der Waals surface area contributed by atoms with Gasteiger partial charge in [0.1, 0.15) is 5.82 Å². The van der Waals surface area contributed by atoms with E-state index >= 15 is 0 Å². The Labute approximate surface area is 143 Å². The second-order valence-electron chi connectivity index (χ2n) is 6.54. The van der Waals surface area contributed by atoms with Crippen molar-refractivity contribution in [1.82, 2.24) is 10.6 Å². The fraction of sp³-hybridized carbons (Fsp3) is 0.579. The summed E-state index contributed by atoms with van der Waals surface area (Å²) in [5, 5.41) is 5.68. The zero-order chi connectivity index (χ0) is 17.4. The topological polar surface area (TPSA) is 58.2 Å². The Bertz CT molecular complexity index is 539. The minimum absolute atomic E-state index is 0.0230. The number of nitrogens with one attached hydrogen (secondary N) is 2. The van der Waals surface area contributed by atoms with E-state index in [-0.39, 0.29) is 36.1 Å². The monoisotopic (exact) mass is 334 g/mol. The third-order valence-corrected chi connectivity index (χ3v) is 4.68. The molecule has 5 heteroatoms. The van der Waals surface area contributed by atoms with Gasteiger partial charge >= 0.3 is 0 Å². The highest BCUT2D eigenvalue weighted by atomic mass is 19.1. The first-order chi connectivity index (χ1) is 11.6. The van der Waals surface area contributed by atoms with E-state index in [2.05, 4.69) is 10.6 Å². The third-order valence-electron chi connectivity index (χ3n) is 4.68. The lowest BCUT2D eigenvalue weighted by Crippen LogP contribution is -2.42. The summed E-state index contributed by atoms with van der Waals surface area (Å²) in [6, 6.07) is 6.51. The van der Waals surface area contributed by atoms with Gasteiger partial charge in [-0.05, 0) is 42.9 Å². The normalized spacial score (nSPS) is 16.4. The van der Waals surface area contributed by atoms with Crippen molar-refractivity contribution < 1.29 is 14.0 Å². The van der Waals surface area contributed by atoms with Gasteiger partial charge in [0, 0.05) is 12.5 Å². The highest BCUT2D eigenvalue weighted by molar-refractivity contribution is 5.85. The molecule has 1 aliphatic rings. The summed E-state index contributed by atoms with van der Waals surface area (Å²) in [6.45, 7) is 2.02. The minimum Gasteiger partial charge on any atom is -0.352 e. The molecule has 0 saturated heterocycles. The molecule has 1 atom stereocenters. The maximum absolute atomic E-state index is 13.0. The van der Waals surface area contributed by atoms with Crippen molar-refractivity contribution in [2.24, 2.45) is 0 Å². The summed E-state index contributed by atoms with van der Waals surface area (Å²) < 4.78 is 13.0. The van der Waals surface area contributed by atoms with Crippen molar-refractivity contribution in [3.63, 3.8) is 0 Å². The number of carbonyl (C=O) groups is 2. The highest BCUT2D eigenvalue weighted by Crippen LogP contribution is 2.23. The minimum atomic E-state index is -0.280. The van der Waals surface area contributed by atoms with Gasteiger partial charge in [-0.1, -0.05) is 38.3 Å². The van der Waals surface area contributed by atoms with Gasteiger partial charge < -0.3 is 10.6 Å². The fourth-order valence-electron chi connectivity index (χ4n) is 3.23. The van der Waals surface area contributed by atoms with Gasteiger partial charge in [0.15, 0.2) is 0 Å². The predicted molar refractivity (Wildman–Crippen MR) is 92.1 cm³/mol. The summed E-state index contributed by atoms with van der Waals surface area (Å²) >= 11 is 0.